The molecule has 0 saturated carbocycles. The maximum absolute atomic E-state index is 8.44. The van der Waals surface area contributed by atoms with Gasteiger partial charge in [0.05, 0.1) is 6.04 Å². The van der Waals surface area contributed by atoms with Crippen LogP contribution in [-0.2, 0) is 0 Å². The Kier molecular flexibility index (Phi) is 3.51. The van der Waals surface area contributed by atoms with Gasteiger partial charge in [0.2, 0.25) is 0 Å². The van der Waals surface area contributed by atoms with Gasteiger partial charge in [-0.1, -0.05) is 29.4 Å². The first kappa shape index (κ1) is 10.6. The second-order valence-corrected chi connectivity index (χ2v) is 3.37. The second kappa shape index (κ2) is 4.65. The van der Waals surface area contributed by atoms with Crippen molar-refractivity contribution in [2.75, 3.05) is 0 Å². The molecule has 0 bridgehead atoms. The van der Waals surface area contributed by atoms with E-state index in [-0.39, 0.29) is 12.1 Å². The standard InChI is InChI=1S/C10H14N4/c1-7-5-3-4-6-9(7)10(8(2)11)13-14-12/h3-6,8,10H,11H2,1-2H3. The molecule has 0 aromatic heterocycles. The summed E-state index contributed by atoms with van der Waals surface area (Å²) in [6, 6.07) is 7.35. The van der Waals surface area contributed by atoms with Crippen molar-refractivity contribution in [2.45, 2.75) is 25.9 Å². The van der Waals surface area contributed by atoms with Gasteiger partial charge in [0.25, 0.3) is 0 Å². The molecule has 0 heterocycles. The Labute approximate surface area is 83.4 Å². The third-order valence-corrected chi connectivity index (χ3v) is 2.18. The SMILES string of the molecule is Cc1ccccc1C(N=[N+]=[N-])C(C)N. The number of nitrogens with zero attached hydrogens (tertiary/aromatic N) is 3. The highest BCUT2D eigenvalue weighted by Crippen LogP contribution is 2.23. The van der Waals surface area contributed by atoms with Gasteiger partial charge in [-0.05, 0) is 30.5 Å². The average molecular weight is 190 g/mol. The van der Waals surface area contributed by atoms with Gasteiger partial charge < -0.3 is 5.73 Å². The van der Waals surface area contributed by atoms with Crippen LogP contribution in [-0.4, -0.2) is 6.04 Å². The molecule has 2 atom stereocenters. The fraction of sp³-hybridized carbons (Fsp3) is 0.400. The van der Waals surface area contributed by atoms with E-state index < -0.39 is 0 Å². The Morgan fingerprint density at radius 2 is 2.07 bits per heavy atom. The van der Waals surface area contributed by atoms with Crippen LogP contribution in [0.25, 0.3) is 10.4 Å². The summed E-state index contributed by atoms with van der Waals surface area (Å²) in [5.41, 5.74) is 16.3. The van der Waals surface area contributed by atoms with Crippen molar-refractivity contribution < 1.29 is 0 Å². The van der Waals surface area contributed by atoms with Crippen molar-refractivity contribution in [3.63, 3.8) is 0 Å². The van der Waals surface area contributed by atoms with E-state index in [9.17, 15) is 0 Å². The van der Waals surface area contributed by atoms with Crippen molar-refractivity contribution in [1.29, 1.82) is 0 Å². The minimum atomic E-state index is -0.277. The third-order valence-electron chi connectivity index (χ3n) is 2.18. The molecule has 2 N–H and O–H groups in total. The predicted molar refractivity (Wildman–Crippen MR) is 56.7 cm³/mol. The number of rotatable bonds is 3. The van der Waals surface area contributed by atoms with Crippen molar-refractivity contribution in [3.8, 4) is 0 Å². The van der Waals surface area contributed by atoms with Crippen LogP contribution in [0.15, 0.2) is 29.4 Å². The number of hydrogen-bond acceptors (Lipinski definition) is 2. The fourth-order valence-corrected chi connectivity index (χ4v) is 1.42. The number of benzene rings is 1. The Morgan fingerprint density at radius 3 is 2.57 bits per heavy atom. The van der Waals surface area contributed by atoms with Crippen molar-refractivity contribution in [3.05, 3.63) is 45.8 Å². The zero-order valence-corrected chi connectivity index (χ0v) is 8.38. The van der Waals surface area contributed by atoms with E-state index in [0.717, 1.165) is 11.1 Å². The molecule has 0 spiro atoms. The van der Waals surface area contributed by atoms with Crippen molar-refractivity contribution in [2.24, 2.45) is 10.8 Å². The molecule has 1 aromatic rings. The van der Waals surface area contributed by atoms with Gasteiger partial charge >= 0.3 is 0 Å². The van der Waals surface area contributed by atoms with Gasteiger partial charge in [-0.2, -0.15) is 0 Å². The zero-order chi connectivity index (χ0) is 10.6. The summed E-state index contributed by atoms with van der Waals surface area (Å²) >= 11 is 0. The molecule has 0 fully saturated rings. The molecular weight excluding hydrogens is 176 g/mol. The molecule has 2 unspecified atom stereocenters. The predicted octanol–water partition coefficient (Wildman–Crippen LogP) is 2.69. The molecule has 0 aliphatic rings. The molecule has 4 heteroatoms. The van der Waals surface area contributed by atoms with Crippen molar-refractivity contribution in [1.82, 2.24) is 0 Å². The first-order chi connectivity index (χ1) is 6.66. The topological polar surface area (TPSA) is 74.8 Å². The summed E-state index contributed by atoms with van der Waals surface area (Å²) < 4.78 is 0. The van der Waals surface area contributed by atoms with E-state index in [2.05, 4.69) is 10.0 Å². The molecule has 1 aromatic carbocycles. The van der Waals surface area contributed by atoms with E-state index in [0.29, 0.717) is 0 Å². The summed E-state index contributed by atoms with van der Waals surface area (Å²) in [5.74, 6) is 0. The van der Waals surface area contributed by atoms with Crippen LogP contribution < -0.4 is 5.73 Å². The molecule has 0 amide bonds. The molecule has 0 aliphatic carbocycles. The molecule has 0 saturated heterocycles. The largest absolute Gasteiger partial charge is 0.327 e. The van der Waals surface area contributed by atoms with Crippen LogP contribution in [0.4, 0.5) is 0 Å². The van der Waals surface area contributed by atoms with Crippen LogP contribution in [0.5, 0.6) is 0 Å². The van der Waals surface area contributed by atoms with Crippen LogP contribution >= 0.6 is 0 Å². The minimum Gasteiger partial charge on any atom is -0.327 e. The van der Waals surface area contributed by atoms with Gasteiger partial charge in [0.15, 0.2) is 0 Å². The van der Waals surface area contributed by atoms with Gasteiger partial charge in [-0.15, -0.1) is 0 Å². The van der Waals surface area contributed by atoms with E-state index in [4.69, 9.17) is 11.3 Å². The highest BCUT2D eigenvalue weighted by atomic mass is 15.2. The first-order valence-electron chi connectivity index (χ1n) is 4.52. The molecule has 14 heavy (non-hydrogen) atoms. The fourth-order valence-electron chi connectivity index (χ4n) is 1.42. The molecule has 74 valence electrons. The summed E-state index contributed by atoms with van der Waals surface area (Å²) in [6.07, 6.45) is 0. The van der Waals surface area contributed by atoms with E-state index in [1.54, 1.807) is 0 Å². The maximum atomic E-state index is 8.44. The van der Waals surface area contributed by atoms with Gasteiger partial charge in [0, 0.05) is 11.0 Å². The van der Waals surface area contributed by atoms with Crippen LogP contribution in [0, 0.1) is 6.92 Å². The number of hydrogen-bond donors (Lipinski definition) is 1. The van der Waals surface area contributed by atoms with E-state index in [1.807, 2.05) is 38.1 Å². The molecule has 0 aliphatic heterocycles. The summed E-state index contributed by atoms with van der Waals surface area (Å²) in [6.45, 7) is 3.82. The van der Waals surface area contributed by atoms with E-state index in [1.165, 1.54) is 0 Å². The molecule has 1 rings (SSSR count). The smallest absolute Gasteiger partial charge is 0.0776 e. The molecule has 4 nitrogen and oxygen atoms in total. The molecular formula is C10H14N4. The highest BCUT2D eigenvalue weighted by Gasteiger charge is 2.15. The summed E-state index contributed by atoms with van der Waals surface area (Å²) in [4.78, 5) is 2.82. The lowest BCUT2D eigenvalue weighted by Gasteiger charge is -2.17. The van der Waals surface area contributed by atoms with Crippen LogP contribution in [0.1, 0.15) is 24.1 Å². The minimum absolute atomic E-state index is 0.174. The number of nitrogens with two attached hydrogens (primary N) is 1. The highest BCUT2D eigenvalue weighted by molar-refractivity contribution is 5.29. The monoisotopic (exact) mass is 190 g/mol. The zero-order valence-electron chi connectivity index (χ0n) is 8.38. The van der Waals surface area contributed by atoms with Gasteiger partial charge in [-0.25, -0.2) is 0 Å². The van der Waals surface area contributed by atoms with E-state index >= 15 is 0 Å². The van der Waals surface area contributed by atoms with Crippen molar-refractivity contribution >= 4 is 0 Å². The number of azide groups is 1. The number of aryl methyl sites for hydroxylation is 1. The summed E-state index contributed by atoms with van der Waals surface area (Å²) in [7, 11) is 0. The second-order valence-electron chi connectivity index (χ2n) is 3.37. The Balaban J connectivity index is 3.11. The third kappa shape index (κ3) is 2.25. The van der Waals surface area contributed by atoms with Gasteiger partial charge in [0.1, 0.15) is 0 Å². The van der Waals surface area contributed by atoms with Gasteiger partial charge in [-0.3, -0.25) is 0 Å². The summed E-state index contributed by atoms with van der Waals surface area (Å²) in [5, 5.41) is 3.71. The molecule has 0 radical (unpaired) electrons. The Bertz CT molecular complexity index is 353. The lowest BCUT2D eigenvalue weighted by Crippen LogP contribution is -2.23. The normalized spacial score (nSPS) is 14.2. The van der Waals surface area contributed by atoms with Crippen LogP contribution in [0.2, 0.25) is 0 Å². The first-order valence-corrected chi connectivity index (χ1v) is 4.52. The quantitative estimate of drug-likeness (QED) is 0.444. The average Bonchev–Trinajstić information content (AvgIpc) is 2.15. The lowest BCUT2D eigenvalue weighted by molar-refractivity contribution is 0.583. The Morgan fingerprint density at radius 1 is 1.43 bits per heavy atom. The maximum Gasteiger partial charge on any atom is 0.0776 e. The Hall–Kier alpha value is -1.51. The van der Waals surface area contributed by atoms with Crippen LogP contribution in [0.3, 0.4) is 0 Å². The lowest BCUT2D eigenvalue weighted by atomic mass is 9.97.